The lowest BCUT2D eigenvalue weighted by Gasteiger charge is -2.27. The van der Waals surface area contributed by atoms with Crippen molar-refractivity contribution in [1.29, 1.82) is 5.26 Å². The van der Waals surface area contributed by atoms with Crippen LogP contribution in [0.1, 0.15) is 52.7 Å². The fraction of sp³-hybridized carbons (Fsp3) is 0.381. The van der Waals surface area contributed by atoms with Crippen molar-refractivity contribution in [2.45, 2.75) is 31.2 Å². The SMILES string of the molecule is N#CC1CCOCC1n1cc(C(N)=O)c(Nc2cc3c(c(C4CC4)c2)OB(O)C=C3)n1. The second-order valence-corrected chi connectivity index (χ2v) is 8.15. The second-order valence-electron chi connectivity index (χ2n) is 8.15. The number of fused-ring (bicyclic) bond motifs is 1. The molecule has 1 saturated heterocycles. The molecule has 2 aliphatic heterocycles. The largest absolute Gasteiger partial charge is 0.552 e. The van der Waals surface area contributed by atoms with E-state index in [9.17, 15) is 15.1 Å². The van der Waals surface area contributed by atoms with Crippen LogP contribution in [0.25, 0.3) is 6.08 Å². The van der Waals surface area contributed by atoms with Gasteiger partial charge in [0.25, 0.3) is 5.91 Å². The molecule has 31 heavy (non-hydrogen) atoms. The van der Waals surface area contributed by atoms with E-state index in [2.05, 4.69) is 16.5 Å². The van der Waals surface area contributed by atoms with Crippen LogP contribution >= 0.6 is 0 Å². The van der Waals surface area contributed by atoms with Gasteiger partial charge in [-0.1, -0.05) is 6.08 Å². The average molecular weight is 419 g/mol. The number of amides is 1. The van der Waals surface area contributed by atoms with Crippen molar-refractivity contribution in [1.82, 2.24) is 9.78 Å². The minimum atomic E-state index is -0.952. The molecule has 0 bridgehead atoms. The maximum atomic E-state index is 12.1. The van der Waals surface area contributed by atoms with Gasteiger partial charge in [0.1, 0.15) is 11.3 Å². The van der Waals surface area contributed by atoms with Crippen LogP contribution in [0.2, 0.25) is 0 Å². The van der Waals surface area contributed by atoms with E-state index in [0.717, 1.165) is 29.7 Å². The van der Waals surface area contributed by atoms with E-state index in [1.807, 2.05) is 18.2 Å². The summed E-state index contributed by atoms with van der Waals surface area (Å²) < 4.78 is 12.8. The van der Waals surface area contributed by atoms with Gasteiger partial charge in [0.2, 0.25) is 0 Å². The van der Waals surface area contributed by atoms with Gasteiger partial charge in [-0.25, -0.2) is 0 Å². The number of carbonyl (C=O) groups excluding carboxylic acids is 1. The fourth-order valence-electron chi connectivity index (χ4n) is 4.16. The molecule has 0 radical (unpaired) electrons. The molecule has 2 unspecified atom stereocenters. The predicted octanol–water partition coefficient (Wildman–Crippen LogP) is 2.13. The van der Waals surface area contributed by atoms with Gasteiger partial charge < -0.3 is 25.5 Å². The van der Waals surface area contributed by atoms with E-state index in [1.165, 1.54) is 0 Å². The van der Waals surface area contributed by atoms with Crippen LogP contribution in [0.5, 0.6) is 5.75 Å². The molecule has 4 N–H and O–H groups in total. The van der Waals surface area contributed by atoms with Crippen molar-refractivity contribution >= 4 is 30.6 Å². The molecule has 3 heterocycles. The zero-order valence-corrected chi connectivity index (χ0v) is 16.8. The van der Waals surface area contributed by atoms with Crippen LogP contribution in [-0.4, -0.2) is 41.0 Å². The minimum Gasteiger partial charge on any atom is -0.532 e. The molecule has 0 spiro atoms. The summed E-state index contributed by atoms with van der Waals surface area (Å²) in [6, 6.07) is 5.87. The Hall–Kier alpha value is -3.29. The van der Waals surface area contributed by atoms with Crippen molar-refractivity contribution in [3.05, 3.63) is 41.0 Å². The summed E-state index contributed by atoms with van der Waals surface area (Å²) in [6.45, 7) is 0.889. The Morgan fingerprint density at radius 2 is 2.23 bits per heavy atom. The van der Waals surface area contributed by atoms with E-state index in [1.54, 1.807) is 16.9 Å². The number of primary amides is 1. The highest BCUT2D eigenvalue weighted by molar-refractivity contribution is 6.51. The third-order valence-electron chi connectivity index (χ3n) is 5.93. The van der Waals surface area contributed by atoms with E-state index in [0.29, 0.717) is 37.1 Å². The lowest BCUT2D eigenvalue weighted by atomic mass is 9.85. The number of nitriles is 1. The Balaban J connectivity index is 1.50. The van der Waals surface area contributed by atoms with Crippen LogP contribution in [0.15, 0.2) is 24.3 Å². The average Bonchev–Trinajstić information content (AvgIpc) is 3.53. The molecule has 1 aromatic carbocycles. The number of nitrogens with zero attached hydrogens (tertiary/aromatic N) is 3. The molecule has 1 saturated carbocycles. The Bertz CT molecular complexity index is 1100. The first kappa shape index (κ1) is 19.7. The van der Waals surface area contributed by atoms with Gasteiger partial charge in [-0.05, 0) is 48.9 Å². The van der Waals surface area contributed by atoms with E-state index in [4.69, 9.17) is 15.1 Å². The zero-order valence-electron chi connectivity index (χ0n) is 16.8. The minimum absolute atomic E-state index is 0.246. The summed E-state index contributed by atoms with van der Waals surface area (Å²) in [5.41, 5.74) is 8.47. The van der Waals surface area contributed by atoms with Gasteiger partial charge in [-0.3, -0.25) is 9.48 Å². The number of rotatable bonds is 5. The third kappa shape index (κ3) is 3.78. The molecular formula is C21H22BN5O4. The van der Waals surface area contributed by atoms with Crippen molar-refractivity contribution in [2.24, 2.45) is 11.7 Å². The summed E-state index contributed by atoms with van der Waals surface area (Å²) in [4.78, 5) is 12.1. The molecule has 1 aliphatic carbocycles. The second kappa shape index (κ2) is 7.76. The Kier molecular flexibility index (Phi) is 4.92. The summed E-state index contributed by atoms with van der Waals surface area (Å²) in [6.07, 6.45) is 6.15. The highest BCUT2D eigenvalue weighted by atomic mass is 16.5. The normalized spacial score (nSPS) is 22.4. The quantitative estimate of drug-likeness (QED) is 0.632. The summed E-state index contributed by atoms with van der Waals surface area (Å²) >= 11 is 0. The van der Waals surface area contributed by atoms with Crippen molar-refractivity contribution in [2.75, 3.05) is 18.5 Å². The summed E-state index contributed by atoms with van der Waals surface area (Å²) in [5.74, 6) is 2.14. The molecule has 5 rings (SSSR count). The lowest BCUT2D eigenvalue weighted by molar-refractivity contribution is 0.0342. The smallest absolute Gasteiger partial charge is 0.532 e. The van der Waals surface area contributed by atoms with E-state index >= 15 is 0 Å². The molecule has 10 heteroatoms. The molecule has 2 atom stereocenters. The van der Waals surface area contributed by atoms with Crippen LogP contribution in [0, 0.1) is 17.2 Å². The monoisotopic (exact) mass is 419 g/mol. The number of nitrogens with one attached hydrogen (secondary N) is 1. The molecule has 2 fully saturated rings. The molecular weight excluding hydrogens is 397 g/mol. The number of carbonyl (C=O) groups is 1. The van der Waals surface area contributed by atoms with Crippen molar-refractivity contribution < 1.29 is 19.2 Å². The standard InChI is InChI=1S/C21H22BN5O4/c23-9-14-4-6-30-11-18(14)27-10-17(20(24)28)21(26-27)25-15-7-13-3-5-22(29)31-19(13)16(8-15)12-1-2-12/h3,5,7-8,10,12,14,18,29H,1-2,4,6,11H2,(H2,24,28)(H,25,26). The number of nitrogens with two attached hydrogens (primary N) is 1. The van der Waals surface area contributed by atoms with Crippen LogP contribution in [0.3, 0.4) is 0 Å². The third-order valence-corrected chi connectivity index (χ3v) is 5.93. The molecule has 1 amide bonds. The molecule has 9 nitrogen and oxygen atoms in total. The topological polar surface area (TPSA) is 135 Å². The first-order valence-corrected chi connectivity index (χ1v) is 10.4. The Morgan fingerprint density at radius 1 is 1.39 bits per heavy atom. The van der Waals surface area contributed by atoms with Gasteiger partial charge in [-0.2, -0.15) is 10.4 Å². The first-order valence-electron chi connectivity index (χ1n) is 10.4. The van der Waals surface area contributed by atoms with E-state index in [-0.39, 0.29) is 17.5 Å². The number of hydrogen-bond donors (Lipinski definition) is 3. The highest BCUT2D eigenvalue weighted by Gasteiger charge is 2.32. The highest BCUT2D eigenvalue weighted by Crippen LogP contribution is 2.48. The molecule has 158 valence electrons. The molecule has 3 aliphatic rings. The van der Waals surface area contributed by atoms with Crippen LogP contribution < -0.4 is 15.7 Å². The van der Waals surface area contributed by atoms with Crippen molar-refractivity contribution in [3.63, 3.8) is 0 Å². The summed E-state index contributed by atoms with van der Waals surface area (Å²) in [5, 5.41) is 27.1. The van der Waals surface area contributed by atoms with Crippen LogP contribution in [-0.2, 0) is 4.74 Å². The maximum Gasteiger partial charge on any atom is 0.552 e. The van der Waals surface area contributed by atoms with Gasteiger partial charge in [0.15, 0.2) is 5.82 Å². The fourth-order valence-corrected chi connectivity index (χ4v) is 4.16. The number of hydrogen-bond acceptors (Lipinski definition) is 7. The van der Waals surface area contributed by atoms with E-state index < -0.39 is 13.0 Å². The lowest BCUT2D eigenvalue weighted by Crippen LogP contribution is -2.29. The van der Waals surface area contributed by atoms with Crippen LogP contribution in [0.4, 0.5) is 11.5 Å². The van der Waals surface area contributed by atoms with Gasteiger partial charge in [0, 0.05) is 24.1 Å². The van der Waals surface area contributed by atoms with Gasteiger partial charge >= 0.3 is 7.12 Å². The first-order chi connectivity index (χ1) is 15.0. The Labute approximate surface area is 179 Å². The number of benzene rings is 1. The zero-order chi connectivity index (χ0) is 21.5. The Morgan fingerprint density at radius 3 is 2.97 bits per heavy atom. The predicted molar refractivity (Wildman–Crippen MR) is 114 cm³/mol. The number of ether oxygens (including phenoxy) is 1. The maximum absolute atomic E-state index is 12.1. The number of anilines is 2. The number of aromatic nitrogens is 2. The van der Waals surface area contributed by atoms with Crippen molar-refractivity contribution in [3.8, 4) is 11.8 Å². The molecule has 2 aromatic rings. The molecule has 1 aromatic heterocycles. The van der Waals surface area contributed by atoms with Gasteiger partial charge in [0.05, 0.1) is 24.6 Å². The van der Waals surface area contributed by atoms with Gasteiger partial charge in [-0.15, -0.1) is 0 Å². The summed E-state index contributed by atoms with van der Waals surface area (Å²) in [7, 11) is -0.952.